The lowest BCUT2D eigenvalue weighted by Gasteiger charge is -1.78. The molecule has 0 aromatic rings. The zero-order valence-corrected chi connectivity index (χ0v) is 8.02. The van der Waals surface area contributed by atoms with Crippen LogP contribution in [0.2, 0.25) is 6.04 Å². The molecule has 0 aromatic carbocycles. The van der Waals surface area contributed by atoms with Gasteiger partial charge in [0.05, 0.1) is 0 Å². The molecule has 53 valence electrons. The van der Waals surface area contributed by atoms with Crippen LogP contribution >= 0.6 is 0 Å². The van der Waals surface area contributed by atoms with Gasteiger partial charge in [0.15, 0.2) is 0 Å². The van der Waals surface area contributed by atoms with Crippen molar-refractivity contribution in [2.75, 3.05) is 0 Å². The van der Waals surface area contributed by atoms with Gasteiger partial charge < -0.3 is 37.2 Å². The minimum Gasteiger partial charge on any atom is -1.00 e. The Balaban J connectivity index is -0.0000000267. The van der Waals surface area contributed by atoms with E-state index in [4.69, 9.17) is 0 Å². The second-order valence-electron chi connectivity index (χ2n) is 1.10. The van der Waals surface area contributed by atoms with E-state index in [2.05, 4.69) is 17.2 Å². The van der Waals surface area contributed by atoms with Crippen molar-refractivity contribution >= 4 is 10.2 Å². The van der Waals surface area contributed by atoms with E-state index in [0.29, 0.717) is 0 Å². The van der Waals surface area contributed by atoms with E-state index >= 15 is 0 Å². The quantitative estimate of drug-likeness (QED) is 0.381. The van der Waals surface area contributed by atoms with E-state index in [0.717, 1.165) is 6.04 Å². The number of hydrogen-bond acceptors (Lipinski definition) is 0. The van der Waals surface area contributed by atoms with Gasteiger partial charge in [0.2, 0.25) is 0 Å². The van der Waals surface area contributed by atoms with Gasteiger partial charge in [-0.3, -0.25) is 0 Å². The first-order valence-corrected chi connectivity index (χ1v) is 2.77. The van der Waals surface area contributed by atoms with Gasteiger partial charge in [-0.1, -0.05) is 25.8 Å². The fraction of sp³-hybridized carbons (Fsp3) is 1.00. The van der Waals surface area contributed by atoms with Crippen LogP contribution in [0.3, 0.4) is 0 Å². The van der Waals surface area contributed by atoms with Crippen LogP contribution in [0.15, 0.2) is 0 Å². The highest BCUT2D eigenvalue weighted by atomic mass is 35.5. The van der Waals surface area contributed by atoms with Crippen LogP contribution in [0.4, 0.5) is 0 Å². The first kappa shape index (κ1) is 23.0. The predicted octanol–water partition coefficient (Wildman–Crippen LogP) is -7.61. The highest BCUT2D eigenvalue weighted by molar-refractivity contribution is 6.08. The minimum absolute atomic E-state index is 0. The van der Waals surface area contributed by atoms with Gasteiger partial charge in [0.1, 0.15) is 0 Å². The summed E-state index contributed by atoms with van der Waals surface area (Å²) in [5, 5.41) is 0. The van der Waals surface area contributed by atoms with E-state index in [-0.39, 0.29) is 37.2 Å². The Kier molecular flexibility index (Phi) is 69.8. The summed E-state index contributed by atoms with van der Waals surface area (Å²) in [6.07, 6.45) is 2.60. The normalized spacial score (nSPS) is 5.25. The highest BCUT2D eigenvalue weighted by Gasteiger charge is 1.68. The van der Waals surface area contributed by atoms with E-state index in [9.17, 15) is 0 Å². The van der Waals surface area contributed by atoms with Gasteiger partial charge in [-0.2, -0.15) is 0 Å². The summed E-state index contributed by atoms with van der Waals surface area (Å²) in [5.74, 6) is 0. The fourth-order valence-corrected chi connectivity index (χ4v) is 0.530. The maximum Gasteiger partial charge on any atom is 0.0222 e. The summed E-state index contributed by atoms with van der Waals surface area (Å²) in [4.78, 5) is 0. The Labute approximate surface area is 73.5 Å². The van der Waals surface area contributed by atoms with Gasteiger partial charge >= 0.3 is 0 Å². The summed E-state index contributed by atoms with van der Waals surface area (Å²) >= 11 is 0. The van der Waals surface area contributed by atoms with Gasteiger partial charge in [-0.15, -0.1) is 0 Å². The molecule has 0 saturated carbocycles. The molecular weight excluding hydrogens is 182 g/mol. The molecule has 0 heterocycles. The van der Waals surface area contributed by atoms with Crippen molar-refractivity contribution in [1.82, 2.24) is 0 Å². The Morgan fingerprint density at radius 3 is 1.50 bits per heavy atom. The van der Waals surface area contributed by atoms with Crippen molar-refractivity contribution in [2.24, 2.45) is 0 Å². The first-order chi connectivity index (χ1) is 2.41. The molecule has 0 amide bonds. The van der Waals surface area contributed by atoms with E-state index < -0.39 is 0 Å². The van der Waals surface area contributed by atoms with Crippen molar-refractivity contribution in [3.63, 3.8) is 0 Å². The average Bonchev–Trinajstić information content (AvgIpc) is 1.41. The first-order valence-electron chi connectivity index (χ1n) is 2.06. The Morgan fingerprint density at radius 1 is 1.12 bits per heavy atom. The molecule has 3 radical (unpaired) electrons. The topological polar surface area (TPSA) is 0 Å². The lowest BCUT2D eigenvalue weighted by Crippen LogP contribution is -3.00. The molecular formula is C4H9Cl3Si-3. The van der Waals surface area contributed by atoms with Crippen LogP contribution in [0.25, 0.3) is 0 Å². The molecule has 0 aliphatic rings. The highest BCUT2D eigenvalue weighted by Crippen LogP contribution is 1.86. The molecule has 0 unspecified atom stereocenters. The molecule has 0 bridgehead atoms. The van der Waals surface area contributed by atoms with E-state index in [1.54, 1.807) is 0 Å². The Hall–Kier alpha value is 1.09. The summed E-state index contributed by atoms with van der Waals surface area (Å²) in [6, 6.07) is 1.15. The molecule has 0 aromatic heterocycles. The number of unbranched alkanes of at least 4 members (excludes halogenated alkanes) is 1. The van der Waals surface area contributed by atoms with Crippen molar-refractivity contribution in [3.05, 3.63) is 0 Å². The van der Waals surface area contributed by atoms with Crippen molar-refractivity contribution in [2.45, 2.75) is 25.8 Å². The molecule has 8 heavy (non-hydrogen) atoms. The van der Waals surface area contributed by atoms with Crippen LogP contribution in [0, 0.1) is 0 Å². The van der Waals surface area contributed by atoms with Crippen LogP contribution in [-0.2, 0) is 0 Å². The maximum absolute atomic E-state index is 3.35. The summed E-state index contributed by atoms with van der Waals surface area (Å²) in [5.41, 5.74) is 0. The minimum atomic E-state index is 0. The molecule has 0 spiro atoms. The van der Waals surface area contributed by atoms with Crippen LogP contribution in [-0.4, -0.2) is 10.2 Å². The molecule has 0 fully saturated rings. The molecule has 0 saturated heterocycles. The summed E-state index contributed by atoms with van der Waals surface area (Å²) < 4.78 is 0. The lowest BCUT2D eigenvalue weighted by atomic mass is 10.4. The third-order valence-corrected chi connectivity index (χ3v) is 0.884. The zero-order valence-electron chi connectivity index (χ0n) is 4.76. The SMILES string of the molecule is CCCC[Si].[Cl-].[Cl-].[Cl-]. The van der Waals surface area contributed by atoms with Crippen LogP contribution < -0.4 is 37.2 Å². The average molecular weight is 192 g/mol. The lowest BCUT2D eigenvalue weighted by molar-refractivity contribution is -0.00100. The van der Waals surface area contributed by atoms with Gasteiger partial charge in [0.25, 0.3) is 0 Å². The Bertz CT molecular complexity index is 18.8. The summed E-state index contributed by atoms with van der Waals surface area (Å²) in [7, 11) is 3.35. The number of halogens is 3. The molecule has 0 atom stereocenters. The van der Waals surface area contributed by atoms with Crippen molar-refractivity contribution < 1.29 is 37.2 Å². The molecule has 0 nitrogen and oxygen atoms in total. The fourth-order valence-electron chi connectivity index (χ4n) is 0.177. The third-order valence-electron chi connectivity index (χ3n) is 0.530. The molecule has 0 aliphatic heterocycles. The largest absolute Gasteiger partial charge is 1.00 e. The number of hydrogen-bond donors (Lipinski definition) is 0. The smallest absolute Gasteiger partial charge is 0.0222 e. The van der Waals surface area contributed by atoms with Crippen molar-refractivity contribution in [1.29, 1.82) is 0 Å². The molecule has 0 aliphatic carbocycles. The standard InChI is InChI=1S/C4H9Si.3ClH/c1-2-3-4-5;;;/h2-4H2,1H3;3*1H/p-3. The zero-order chi connectivity index (χ0) is 4.12. The van der Waals surface area contributed by atoms with Gasteiger partial charge in [0, 0.05) is 10.2 Å². The van der Waals surface area contributed by atoms with Crippen molar-refractivity contribution in [3.8, 4) is 0 Å². The molecule has 0 rings (SSSR count). The van der Waals surface area contributed by atoms with Crippen LogP contribution in [0.1, 0.15) is 19.8 Å². The maximum atomic E-state index is 3.35. The molecule has 0 N–H and O–H groups in total. The van der Waals surface area contributed by atoms with Gasteiger partial charge in [-0.05, 0) is 0 Å². The monoisotopic (exact) mass is 190 g/mol. The predicted molar refractivity (Wildman–Crippen MR) is 25.5 cm³/mol. The second-order valence-corrected chi connectivity index (χ2v) is 1.60. The van der Waals surface area contributed by atoms with Gasteiger partial charge in [-0.25, -0.2) is 0 Å². The van der Waals surface area contributed by atoms with E-state index in [1.165, 1.54) is 12.8 Å². The summed E-state index contributed by atoms with van der Waals surface area (Å²) in [6.45, 7) is 2.18. The number of rotatable bonds is 2. The third kappa shape index (κ3) is 27.6. The molecule has 4 heteroatoms. The Morgan fingerprint density at radius 2 is 1.50 bits per heavy atom. The second kappa shape index (κ2) is 24.3. The van der Waals surface area contributed by atoms with E-state index in [1.807, 2.05) is 0 Å². The van der Waals surface area contributed by atoms with Crippen LogP contribution in [0.5, 0.6) is 0 Å².